The lowest BCUT2D eigenvalue weighted by atomic mass is 10.2. The SMILES string of the molecule is CC(C)C(=O)NCCOCCOCCNC(=O)CON. The molecule has 8 heteroatoms. The van der Waals surface area contributed by atoms with Gasteiger partial charge in [0, 0.05) is 19.0 Å². The zero-order chi connectivity index (χ0) is 15.2. The van der Waals surface area contributed by atoms with Crippen LogP contribution in [0.15, 0.2) is 0 Å². The summed E-state index contributed by atoms with van der Waals surface area (Å²) in [5, 5.41) is 5.30. The van der Waals surface area contributed by atoms with Gasteiger partial charge in [0.2, 0.25) is 11.8 Å². The second-order valence-electron chi connectivity index (χ2n) is 4.33. The summed E-state index contributed by atoms with van der Waals surface area (Å²) in [6.07, 6.45) is 0. The first-order chi connectivity index (χ1) is 9.57. The number of nitrogens with two attached hydrogens (primary N) is 1. The van der Waals surface area contributed by atoms with Crippen molar-refractivity contribution in [1.82, 2.24) is 10.6 Å². The minimum absolute atomic E-state index is 0.0155. The Morgan fingerprint density at radius 2 is 1.55 bits per heavy atom. The van der Waals surface area contributed by atoms with E-state index < -0.39 is 0 Å². The molecule has 0 aliphatic rings. The van der Waals surface area contributed by atoms with Crippen LogP contribution < -0.4 is 16.5 Å². The molecule has 0 radical (unpaired) electrons. The quantitative estimate of drug-likeness (QED) is 0.307. The zero-order valence-corrected chi connectivity index (χ0v) is 12.1. The van der Waals surface area contributed by atoms with Crippen LogP contribution >= 0.6 is 0 Å². The van der Waals surface area contributed by atoms with Gasteiger partial charge in [-0.2, -0.15) is 0 Å². The van der Waals surface area contributed by atoms with E-state index in [2.05, 4.69) is 15.5 Å². The molecule has 0 aromatic heterocycles. The lowest BCUT2D eigenvalue weighted by Crippen LogP contribution is -2.32. The number of hydrogen-bond acceptors (Lipinski definition) is 6. The van der Waals surface area contributed by atoms with E-state index in [0.29, 0.717) is 39.5 Å². The Labute approximate surface area is 119 Å². The minimum Gasteiger partial charge on any atom is -0.377 e. The number of carbonyl (C=O) groups is 2. The maximum absolute atomic E-state index is 11.2. The van der Waals surface area contributed by atoms with E-state index in [4.69, 9.17) is 15.4 Å². The Balaban J connectivity index is 3.17. The number of hydrogen-bond donors (Lipinski definition) is 3. The maximum atomic E-state index is 11.2. The normalized spacial score (nSPS) is 10.6. The average Bonchev–Trinajstić information content (AvgIpc) is 2.40. The summed E-state index contributed by atoms with van der Waals surface area (Å²) in [6, 6.07) is 0. The van der Waals surface area contributed by atoms with Crippen molar-refractivity contribution in [2.24, 2.45) is 11.8 Å². The van der Waals surface area contributed by atoms with E-state index in [0.717, 1.165) is 0 Å². The molecule has 0 fully saturated rings. The molecule has 118 valence electrons. The van der Waals surface area contributed by atoms with Gasteiger partial charge in [0.05, 0.1) is 26.4 Å². The standard InChI is InChI=1S/C12H25N3O5/c1-10(2)12(17)15-4-6-19-8-7-18-5-3-14-11(16)9-20-13/h10H,3-9,13H2,1-2H3,(H,14,16)(H,15,17). The van der Waals surface area contributed by atoms with Gasteiger partial charge in [0.1, 0.15) is 6.61 Å². The van der Waals surface area contributed by atoms with Crippen LogP contribution in [-0.4, -0.2) is 57.9 Å². The van der Waals surface area contributed by atoms with E-state index in [-0.39, 0.29) is 24.3 Å². The van der Waals surface area contributed by atoms with E-state index in [1.165, 1.54) is 0 Å². The molecule has 0 saturated heterocycles. The van der Waals surface area contributed by atoms with Crippen LogP contribution in [0.2, 0.25) is 0 Å². The van der Waals surface area contributed by atoms with E-state index in [9.17, 15) is 9.59 Å². The Morgan fingerprint density at radius 1 is 1.00 bits per heavy atom. The van der Waals surface area contributed by atoms with Crippen LogP contribution in [0, 0.1) is 5.92 Å². The molecule has 0 saturated carbocycles. The lowest BCUT2D eigenvalue weighted by molar-refractivity contribution is -0.126. The number of rotatable bonds is 12. The number of nitrogens with one attached hydrogen (secondary N) is 2. The molecule has 0 rings (SSSR count). The van der Waals surface area contributed by atoms with Crippen LogP contribution in [0.1, 0.15) is 13.8 Å². The van der Waals surface area contributed by atoms with Crippen molar-refractivity contribution in [2.45, 2.75) is 13.8 Å². The molecular formula is C12H25N3O5. The maximum Gasteiger partial charge on any atom is 0.248 e. The van der Waals surface area contributed by atoms with Crippen LogP contribution in [-0.2, 0) is 23.9 Å². The highest BCUT2D eigenvalue weighted by atomic mass is 16.6. The predicted octanol–water partition coefficient (Wildman–Crippen LogP) is -1.20. The molecular weight excluding hydrogens is 266 g/mol. The largest absolute Gasteiger partial charge is 0.377 e. The molecule has 20 heavy (non-hydrogen) atoms. The number of ether oxygens (including phenoxy) is 2. The van der Waals surface area contributed by atoms with Crippen LogP contribution in [0.3, 0.4) is 0 Å². The molecule has 0 aliphatic carbocycles. The molecule has 0 aromatic rings. The van der Waals surface area contributed by atoms with Gasteiger partial charge in [-0.25, -0.2) is 5.90 Å². The summed E-state index contributed by atoms with van der Waals surface area (Å²) in [4.78, 5) is 26.3. The fraction of sp³-hybridized carbons (Fsp3) is 0.833. The predicted molar refractivity (Wildman–Crippen MR) is 72.6 cm³/mol. The molecule has 0 spiro atoms. The molecule has 0 unspecified atom stereocenters. The smallest absolute Gasteiger partial charge is 0.248 e. The molecule has 8 nitrogen and oxygen atoms in total. The number of carbonyl (C=O) groups excluding carboxylic acids is 2. The molecule has 4 N–H and O–H groups in total. The zero-order valence-electron chi connectivity index (χ0n) is 12.1. The Morgan fingerprint density at radius 3 is 2.05 bits per heavy atom. The van der Waals surface area contributed by atoms with E-state index >= 15 is 0 Å². The van der Waals surface area contributed by atoms with E-state index in [1.807, 2.05) is 13.8 Å². The van der Waals surface area contributed by atoms with Gasteiger partial charge in [-0.3, -0.25) is 14.4 Å². The summed E-state index contributed by atoms with van der Waals surface area (Å²) < 4.78 is 10.5. The van der Waals surface area contributed by atoms with Gasteiger partial charge in [-0.1, -0.05) is 13.8 Å². The van der Waals surface area contributed by atoms with Crippen molar-refractivity contribution >= 4 is 11.8 Å². The summed E-state index contributed by atoms with van der Waals surface area (Å²) >= 11 is 0. The van der Waals surface area contributed by atoms with Crippen molar-refractivity contribution in [2.75, 3.05) is 46.1 Å². The molecule has 0 aliphatic heterocycles. The first kappa shape index (κ1) is 18.8. The molecule has 0 aromatic carbocycles. The van der Waals surface area contributed by atoms with Gasteiger partial charge in [-0.05, 0) is 0 Å². The van der Waals surface area contributed by atoms with Gasteiger partial charge in [0.25, 0.3) is 0 Å². The average molecular weight is 291 g/mol. The molecule has 0 heterocycles. The van der Waals surface area contributed by atoms with Gasteiger partial charge >= 0.3 is 0 Å². The van der Waals surface area contributed by atoms with Gasteiger partial charge in [-0.15, -0.1) is 0 Å². The fourth-order valence-electron chi connectivity index (χ4n) is 1.16. The lowest BCUT2D eigenvalue weighted by Gasteiger charge is -2.09. The van der Waals surface area contributed by atoms with Crippen molar-refractivity contribution in [3.8, 4) is 0 Å². The highest BCUT2D eigenvalue weighted by Crippen LogP contribution is 1.89. The van der Waals surface area contributed by atoms with Crippen LogP contribution in [0.4, 0.5) is 0 Å². The third-order valence-electron chi connectivity index (χ3n) is 2.23. The molecule has 0 atom stereocenters. The Bertz CT molecular complexity index is 274. The molecule has 2 amide bonds. The second kappa shape index (κ2) is 12.8. The summed E-state index contributed by atoms with van der Waals surface area (Å²) in [5.74, 6) is 4.46. The second-order valence-corrected chi connectivity index (χ2v) is 4.33. The van der Waals surface area contributed by atoms with Gasteiger partial charge in [0.15, 0.2) is 0 Å². The van der Waals surface area contributed by atoms with Crippen LogP contribution in [0.25, 0.3) is 0 Å². The van der Waals surface area contributed by atoms with E-state index in [1.54, 1.807) is 0 Å². The molecule has 0 bridgehead atoms. The first-order valence-corrected chi connectivity index (χ1v) is 6.59. The van der Waals surface area contributed by atoms with Crippen molar-refractivity contribution in [3.05, 3.63) is 0 Å². The fourth-order valence-corrected chi connectivity index (χ4v) is 1.16. The third-order valence-corrected chi connectivity index (χ3v) is 2.23. The summed E-state index contributed by atoms with van der Waals surface area (Å²) in [6.45, 7) is 6.11. The Hall–Kier alpha value is -1.22. The van der Waals surface area contributed by atoms with Crippen molar-refractivity contribution in [1.29, 1.82) is 0 Å². The number of amides is 2. The Kier molecular flexibility index (Phi) is 12.0. The highest BCUT2D eigenvalue weighted by Gasteiger charge is 2.04. The van der Waals surface area contributed by atoms with Gasteiger partial charge < -0.3 is 20.1 Å². The highest BCUT2D eigenvalue weighted by molar-refractivity contribution is 5.77. The summed E-state index contributed by atoms with van der Waals surface area (Å²) in [7, 11) is 0. The first-order valence-electron chi connectivity index (χ1n) is 6.59. The minimum atomic E-state index is -0.284. The summed E-state index contributed by atoms with van der Waals surface area (Å²) in [5.41, 5.74) is 0. The van der Waals surface area contributed by atoms with Crippen molar-refractivity contribution < 1.29 is 23.9 Å². The monoisotopic (exact) mass is 291 g/mol. The van der Waals surface area contributed by atoms with Crippen molar-refractivity contribution in [3.63, 3.8) is 0 Å². The third kappa shape index (κ3) is 11.8. The topological polar surface area (TPSA) is 112 Å². The van der Waals surface area contributed by atoms with Crippen LogP contribution in [0.5, 0.6) is 0 Å².